The molecule has 63 heavy (non-hydrogen) atoms. The Morgan fingerprint density at radius 1 is 0.492 bits per heavy atom. The van der Waals surface area contributed by atoms with Crippen LogP contribution in [0.15, 0.2) is 82.6 Å². The molecule has 4 aromatic rings. The Morgan fingerprint density at radius 2 is 0.810 bits per heavy atom. The molecular weight excluding hydrogens is 837 g/mol. The highest BCUT2D eigenvalue weighted by molar-refractivity contribution is 7.90. The molecule has 0 heterocycles. The number of ether oxygens (including phenoxy) is 2. The number of hydrogen-bond donors (Lipinski definition) is 4. The van der Waals surface area contributed by atoms with E-state index in [-0.39, 0.29) is 57.8 Å². The fourth-order valence-electron chi connectivity index (χ4n) is 6.67. The molecule has 0 saturated heterocycles. The summed E-state index contributed by atoms with van der Waals surface area (Å²) < 4.78 is 68.8. The van der Waals surface area contributed by atoms with Gasteiger partial charge < -0.3 is 20.1 Å². The highest BCUT2D eigenvalue weighted by Crippen LogP contribution is 2.43. The van der Waals surface area contributed by atoms with Gasteiger partial charge in [0.05, 0.1) is 22.9 Å². The van der Waals surface area contributed by atoms with E-state index in [9.17, 15) is 26.4 Å². The third kappa shape index (κ3) is 14.0. The molecule has 14 heteroatoms. The number of urea groups is 2. The van der Waals surface area contributed by atoms with Crippen molar-refractivity contribution in [2.75, 3.05) is 26.3 Å². The van der Waals surface area contributed by atoms with E-state index in [2.05, 4.69) is 127 Å². The summed E-state index contributed by atoms with van der Waals surface area (Å²) in [5, 5.41) is 5.26. The number of carbonyl (C=O) groups is 2. The molecule has 0 bridgehead atoms. The topological polar surface area (TPSA) is 169 Å². The van der Waals surface area contributed by atoms with Crippen molar-refractivity contribution in [1.82, 2.24) is 20.1 Å². The molecule has 0 fully saturated rings. The Bertz CT molecular complexity index is 2310. The third-order valence-electron chi connectivity index (χ3n) is 10.4. The van der Waals surface area contributed by atoms with Crippen LogP contribution in [0.4, 0.5) is 9.59 Å². The van der Waals surface area contributed by atoms with E-state index in [1.807, 2.05) is 13.8 Å². The Labute approximate surface area is 376 Å². The fraction of sp³-hybridized carbons (Fsp3) is 0.469. The number of sulfonamides is 2. The summed E-state index contributed by atoms with van der Waals surface area (Å²) in [5.41, 5.74) is 6.56. The van der Waals surface area contributed by atoms with Crippen LogP contribution in [0.25, 0.3) is 0 Å². The van der Waals surface area contributed by atoms with Crippen molar-refractivity contribution in [2.24, 2.45) is 0 Å². The molecule has 0 unspecified atom stereocenters. The highest BCUT2D eigenvalue weighted by atomic mass is 32.2. The van der Waals surface area contributed by atoms with Gasteiger partial charge >= 0.3 is 12.1 Å². The van der Waals surface area contributed by atoms with Crippen molar-refractivity contribution < 1.29 is 35.9 Å². The van der Waals surface area contributed by atoms with Gasteiger partial charge in [-0.3, -0.25) is 0 Å². The Hall–Kier alpha value is -5.08. The number of amides is 4. The largest absolute Gasteiger partial charge is 0.491 e. The maximum atomic E-state index is 12.9. The molecule has 0 atom stereocenters. The first kappa shape index (κ1) is 50.6. The molecule has 344 valence electrons. The molecule has 0 saturated carbocycles. The molecule has 0 radical (unpaired) electrons. The highest BCUT2D eigenvalue weighted by Gasteiger charge is 2.30. The average molecular weight is 905 g/mol. The molecule has 0 aliphatic heterocycles. The van der Waals surface area contributed by atoms with Gasteiger partial charge in [0, 0.05) is 17.5 Å². The van der Waals surface area contributed by atoms with Gasteiger partial charge in [0.1, 0.15) is 24.7 Å². The van der Waals surface area contributed by atoms with E-state index in [1.54, 1.807) is 24.3 Å². The van der Waals surface area contributed by atoms with Crippen LogP contribution in [-0.2, 0) is 48.1 Å². The van der Waals surface area contributed by atoms with Crippen LogP contribution in [0.1, 0.15) is 128 Å². The van der Waals surface area contributed by atoms with Gasteiger partial charge in [-0.25, -0.2) is 35.9 Å². The number of benzene rings is 4. The van der Waals surface area contributed by atoms with Gasteiger partial charge in [0.25, 0.3) is 20.0 Å². The normalized spacial score (nSPS) is 12.7. The number of aryl methyl sites for hydroxylation is 2. The minimum Gasteiger partial charge on any atom is -0.491 e. The third-order valence-corrected chi connectivity index (χ3v) is 13.1. The lowest BCUT2D eigenvalue weighted by Crippen LogP contribution is -2.41. The summed E-state index contributed by atoms with van der Waals surface area (Å²) in [5.74, 6) is 1.31. The van der Waals surface area contributed by atoms with Crippen LogP contribution >= 0.6 is 0 Å². The van der Waals surface area contributed by atoms with Crippen LogP contribution < -0.4 is 29.6 Å². The number of nitrogens with one attached hydrogen (secondary N) is 4. The van der Waals surface area contributed by atoms with Crippen LogP contribution in [-0.4, -0.2) is 55.2 Å². The van der Waals surface area contributed by atoms with Crippen molar-refractivity contribution in [3.05, 3.63) is 117 Å². The number of rotatable bonds is 14. The molecule has 0 aliphatic carbocycles. The zero-order chi connectivity index (χ0) is 47.3. The zero-order valence-corrected chi connectivity index (χ0v) is 41.2. The van der Waals surface area contributed by atoms with Crippen molar-refractivity contribution in [3.8, 4) is 11.5 Å². The van der Waals surface area contributed by atoms with E-state index in [0.29, 0.717) is 17.9 Å². The van der Waals surface area contributed by atoms with Gasteiger partial charge in [0.2, 0.25) is 0 Å². The molecule has 4 rings (SSSR count). The molecule has 0 aromatic heterocycles. The van der Waals surface area contributed by atoms with Crippen molar-refractivity contribution in [2.45, 2.75) is 135 Å². The molecule has 4 aromatic carbocycles. The van der Waals surface area contributed by atoms with E-state index >= 15 is 0 Å². The summed E-state index contributed by atoms with van der Waals surface area (Å²) >= 11 is 0. The van der Waals surface area contributed by atoms with E-state index in [4.69, 9.17) is 9.47 Å². The van der Waals surface area contributed by atoms with Crippen LogP contribution in [0, 0.1) is 13.8 Å². The lowest BCUT2D eigenvalue weighted by atomic mass is 9.76. The molecule has 0 spiro atoms. The van der Waals surface area contributed by atoms with Crippen LogP contribution in [0.2, 0.25) is 0 Å². The minimum absolute atomic E-state index is 0.0162. The second-order valence-corrected chi connectivity index (χ2v) is 23.6. The van der Waals surface area contributed by atoms with Gasteiger partial charge in [0.15, 0.2) is 0 Å². The van der Waals surface area contributed by atoms with Gasteiger partial charge in [-0.1, -0.05) is 143 Å². The zero-order valence-electron chi connectivity index (χ0n) is 39.5. The fourth-order valence-corrected chi connectivity index (χ4v) is 8.53. The average Bonchev–Trinajstić information content (AvgIpc) is 3.14. The number of hydrogen-bond acceptors (Lipinski definition) is 8. The predicted molar refractivity (Wildman–Crippen MR) is 251 cm³/mol. The first-order valence-corrected chi connectivity index (χ1v) is 24.2. The van der Waals surface area contributed by atoms with E-state index in [1.165, 1.54) is 24.3 Å². The lowest BCUT2D eigenvalue weighted by Gasteiger charge is -2.31. The van der Waals surface area contributed by atoms with Crippen LogP contribution in [0.5, 0.6) is 11.5 Å². The summed E-state index contributed by atoms with van der Waals surface area (Å²) in [4.78, 5) is 25.6. The molecule has 4 N–H and O–H groups in total. The van der Waals surface area contributed by atoms with Crippen LogP contribution in [0.3, 0.4) is 0 Å². The first-order chi connectivity index (χ1) is 28.9. The maximum Gasteiger partial charge on any atom is 0.328 e. The summed E-state index contributed by atoms with van der Waals surface area (Å²) in [6.45, 7) is 29.5. The Kier molecular flexibility index (Phi) is 15.5. The SMILES string of the molecule is Cc1ccc(S(=O)(=O)NC(=O)NCCOc2c(Cc3cc(C(C)(C)C)cc(C(C)(C)C)c3OCCNC(=O)NS(=O)(=O)c3ccc(C)cc3)cc(C(C)(C)C)cc2C(C)(C)C)cc1. The summed E-state index contributed by atoms with van der Waals surface area (Å²) in [6.07, 6.45) is 0.399. The monoisotopic (exact) mass is 904 g/mol. The van der Waals surface area contributed by atoms with Gasteiger partial charge in [-0.15, -0.1) is 0 Å². The predicted octanol–water partition coefficient (Wildman–Crippen LogP) is 9.22. The van der Waals surface area contributed by atoms with E-state index in [0.717, 1.165) is 44.5 Å². The number of carbonyl (C=O) groups excluding carboxylic acids is 2. The molecule has 12 nitrogen and oxygen atoms in total. The molecule has 0 aliphatic rings. The molecular formula is C49H68N4O8S2. The first-order valence-electron chi connectivity index (χ1n) is 21.2. The van der Waals surface area contributed by atoms with Crippen molar-refractivity contribution >= 4 is 32.1 Å². The van der Waals surface area contributed by atoms with Crippen molar-refractivity contribution in [3.63, 3.8) is 0 Å². The van der Waals surface area contributed by atoms with Gasteiger partial charge in [-0.05, 0) is 82.0 Å². The molecule has 4 amide bonds. The second-order valence-electron chi connectivity index (χ2n) is 20.2. The summed E-state index contributed by atoms with van der Waals surface area (Å²) in [6, 6.07) is 19.4. The Morgan fingerprint density at radius 3 is 1.10 bits per heavy atom. The smallest absolute Gasteiger partial charge is 0.328 e. The summed E-state index contributed by atoms with van der Waals surface area (Å²) in [7, 11) is -8.16. The Balaban J connectivity index is 1.68. The quantitative estimate of drug-likeness (QED) is 0.0909. The van der Waals surface area contributed by atoms with Gasteiger partial charge in [-0.2, -0.15) is 0 Å². The second kappa shape index (κ2) is 19.3. The van der Waals surface area contributed by atoms with Crippen molar-refractivity contribution in [1.29, 1.82) is 0 Å². The lowest BCUT2D eigenvalue weighted by molar-refractivity contribution is 0.240. The standard InChI is InChI=1S/C49H68N4O8S2/c1-32-15-19-38(20-16-32)62(56,57)52-44(54)50-23-25-60-42-34(28-36(46(3,4)5)30-40(42)48(9,10)11)27-35-29-37(47(6,7)8)31-41(49(12,13)14)43(35)61-26-24-51-45(55)53-63(58,59)39-21-17-33(2)18-22-39/h15-22,28-31H,23-27H2,1-14H3,(H2,50,52,54)(H2,51,53,55). The van der Waals surface area contributed by atoms with E-state index < -0.39 is 32.1 Å². The maximum absolute atomic E-state index is 12.9. The minimum atomic E-state index is -4.08.